The molecule has 8 rings (SSSR count). The van der Waals surface area contributed by atoms with Crippen molar-refractivity contribution in [3.63, 3.8) is 0 Å². The fourth-order valence-corrected chi connectivity index (χ4v) is 7.86. The molecule has 0 N–H and O–H groups in total. The Bertz CT molecular complexity index is 2700. The van der Waals surface area contributed by atoms with Crippen LogP contribution in [0.1, 0.15) is 34.7 Å². The van der Waals surface area contributed by atoms with Crippen LogP contribution < -0.4 is 0 Å². The van der Waals surface area contributed by atoms with Crippen molar-refractivity contribution in [3.8, 4) is 22.3 Å². The summed E-state index contributed by atoms with van der Waals surface area (Å²) in [7, 11) is 0. The molecule has 0 saturated heterocycles. The molecule has 0 bridgehead atoms. The van der Waals surface area contributed by atoms with Crippen LogP contribution in [-0.2, 0) is 0 Å². The van der Waals surface area contributed by atoms with Gasteiger partial charge >= 0.3 is 0 Å². The van der Waals surface area contributed by atoms with Crippen molar-refractivity contribution in [1.29, 1.82) is 0 Å². The van der Waals surface area contributed by atoms with E-state index in [1.165, 1.54) is 93.5 Å². The molecule has 0 heterocycles. The van der Waals surface area contributed by atoms with E-state index < -0.39 is 0 Å². The number of allylic oxidation sites excluding steroid dienone is 5. The number of hydrogen-bond acceptors (Lipinski definition) is 0. The number of benzene rings is 8. The van der Waals surface area contributed by atoms with Crippen LogP contribution >= 0.6 is 0 Å². The monoisotopic (exact) mass is 664 g/mol. The zero-order valence-corrected chi connectivity index (χ0v) is 29.7. The zero-order chi connectivity index (χ0) is 35.6. The molecule has 248 valence electrons. The van der Waals surface area contributed by atoms with Crippen molar-refractivity contribution in [2.24, 2.45) is 0 Å². The first-order valence-corrected chi connectivity index (χ1v) is 17.9. The molecule has 0 heteroatoms. The summed E-state index contributed by atoms with van der Waals surface area (Å²) in [4.78, 5) is 0. The molecule has 0 aromatic heterocycles. The van der Waals surface area contributed by atoms with Gasteiger partial charge in [-0.3, -0.25) is 0 Å². The molecule has 0 aliphatic rings. The first-order valence-electron chi connectivity index (χ1n) is 17.9. The lowest BCUT2D eigenvalue weighted by atomic mass is 9.78. The SMILES string of the molecule is C=C/C=C(\C=C)c1c(-c2ccccc2)c(C)c(/C(=C(\C)c2ccc3cc(-c4ccc5ccccc5c4)ccc3c2)c2ccccc2)c2ccccc12. The molecule has 0 fully saturated rings. The van der Waals surface area contributed by atoms with Crippen LogP contribution in [0.2, 0.25) is 0 Å². The molecule has 0 aliphatic carbocycles. The maximum atomic E-state index is 4.23. The van der Waals surface area contributed by atoms with Gasteiger partial charge in [-0.15, -0.1) is 0 Å². The molecule has 0 amide bonds. The first-order chi connectivity index (χ1) is 25.6. The highest BCUT2D eigenvalue weighted by atomic mass is 14.3. The molecule has 8 aromatic carbocycles. The van der Waals surface area contributed by atoms with E-state index in [0.717, 1.165) is 5.57 Å². The molecule has 0 saturated carbocycles. The molecule has 0 spiro atoms. The summed E-state index contributed by atoms with van der Waals surface area (Å²) in [5, 5.41) is 7.37. The normalized spacial score (nSPS) is 12.2. The summed E-state index contributed by atoms with van der Waals surface area (Å²) in [6, 6.07) is 59.5. The van der Waals surface area contributed by atoms with Crippen molar-refractivity contribution in [1.82, 2.24) is 0 Å². The maximum absolute atomic E-state index is 4.23. The van der Waals surface area contributed by atoms with E-state index in [1.807, 2.05) is 12.2 Å². The molecule has 0 atom stereocenters. The zero-order valence-electron chi connectivity index (χ0n) is 29.7. The van der Waals surface area contributed by atoms with Gasteiger partial charge in [0, 0.05) is 0 Å². The first kappa shape index (κ1) is 32.7. The van der Waals surface area contributed by atoms with Gasteiger partial charge < -0.3 is 0 Å². The van der Waals surface area contributed by atoms with Gasteiger partial charge in [-0.25, -0.2) is 0 Å². The van der Waals surface area contributed by atoms with Crippen molar-refractivity contribution >= 4 is 49.0 Å². The van der Waals surface area contributed by atoms with Crippen LogP contribution in [0.3, 0.4) is 0 Å². The van der Waals surface area contributed by atoms with E-state index in [1.54, 1.807) is 0 Å². The Morgan fingerprint density at radius 1 is 0.481 bits per heavy atom. The number of rotatable bonds is 8. The molecule has 8 aromatic rings. The smallest absolute Gasteiger partial charge is 0.00239 e. The molecular formula is C52H40. The van der Waals surface area contributed by atoms with Crippen LogP contribution in [0, 0.1) is 6.92 Å². The summed E-state index contributed by atoms with van der Waals surface area (Å²) >= 11 is 0. The average Bonchev–Trinajstić information content (AvgIpc) is 3.20. The molecule has 52 heavy (non-hydrogen) atoms. The van der Waals surface area contributed by atoms with Crippen molar-refractivity contribution in [2.75, 3.05) is 0 Å². The van der Waals surface area contributed by atoms with Gasteiger partial charge in [0.25, 0.3) is 0 Å². The summed E-state index contributed by atoms with van der Waals surface area (Å²) in [6.45, 7) is 12.8. The molecule has 0 radical (unpaired) electrons. The van der Waals surface area contributed by atoms with Crippen LogP contribution in [0.25, 0.3) is 71.3 Å². The van der Waals surface area contributed by atoms with Crippen LogP contribution in [0.5, 0.6) is 0 Å². The molecule has 0 aliphatic heterocycles. The second-order valence-electron chi connectivity index (χ2n) is 13.4. The van der Waals surface area contributed by atoms with E-state index in [9.17, 15) is 0 Å². The molecule has 0 unspecified atom stereocenters. The number of hydrogen-bond donors (Lipinski definition) is 0. The Morgan fingerprint density at radius 3 is 1.69 bits per heavy atom. The van der Waals surface area contributed by atoms with Gasteiger partial charge in [-0.05, 0) is 131 Å². The molecule has 0 nitrogen and oxygen atoms in total. The summed E-state index contributed by atoms with van der Waals surface area (Å²) in [5.74, 6) is 0. The minimum Gasteiger partial charge on any atom is -0.0990 e. The second-order valence-corrected chi connectivity index (χ2v) is 13.4. The molecular weight excluding hydrogens is 625 g/mol. The predicted molar refractivity (Wildman–Crippen MR) is 227 cm³/mol. The van der Waals surface area contributed by atoms with E-state index in [2.05, 4.69) is 197 Å². The largest absolute Gasteiger partial charge is 0.0990 e. The fraction of sp³-hybridized carbons (Fsp3) is 0.0385. The Hall–Kier alpha value is -6.50. The predicted octanol–water partition coefficient (Wildman–Crippen LogP) is 14.5. The van der Waals surface area contributed by atoms with Gasteiger partial charge in [0.15, 0.2) is 0 Å². The highest BCUT2D eigenvalue weighted by Crippen LogP contribution is 2.46. The maximum Gasteiger partial charge on any atom is -0.00239 e. The quantitative estimate of drug-likeness (QED) is 0.112. The lowest BCUT2D eigenvalue weighted by molar-refractivity contribution is 1.41. The van der Waals surface area contributed by atoms with E-state index in [4.69, 9.17) is 0 Å². The van der Waals surface area contributed by atoms with E-state index >= 15 is 0 Å². The fourth-order valence-electron chi connectivity index (χ4n) is 7.86. The van der Waals surface area contributed by atoms with Crippen LogP contribution in [0.4, 0.5) is 0 Å². The third-order valence-corrected chi connectivity index (χ3v) is 10.4. The Kier molecular flexibility index (Phi) is 8.81. The lowest BCUT2D eigenvalue weighted by Crippen LogP contribution is -2.03. The van der Waals surface area contributed by atoms with Gasteiger partial charge in [-0.1, -0.05) is 177 Å². The summed E-state index contributed by atoms with van der Waals surface area (Å²) < 4.78 is 0. The average molecular weight is 665 g/mol. The highest BCUT2D eigenvalue weighted by molar-refractivity contribution is 6.14. The third-order valence-electron chi connectivity index (χ3n) is 10.4. The Balaban J connectivity index is 1.37. The van der Waals surface area contributed by atoms with E-state index in [0.29, 0.717) is 0 Å². The Labute approximate surface area is 307 Å². The van der Waals surface area contributed by atoms with Crippen LogP contribution in [-0.4, -0.2) is 0 Å². The standard InChI is InChI=1S/C52H40/c1-5-17-37(6-2)52-48-25-16-15-24-47(48)51(36(4)50(52)40-21-11-8-12-22-40)49(39-19-9-7-10-20-39)35(3)41-27-29-45-34-46(31-30-43(45)32-41)44-28-26-38-18-13-14-23-42(38)33-44/h5-34H,1-2H2,3-4H3/b37-17+,49-35+. The summed E-state index contributed by atoms with van der Waals surface area (Å²) in [6.07, 6.45) is 5.88. The van der Waals surface area contributed by atoms with Crippen molar-refractivity contribution in [2.45, 2.75) is 13.8 Å². The van der Waals surface area contributed by atoms with Gasteiger partial charge in [0.1, 0.15) is 0 Å². The highest BCUT2D eigenvalue weighted by Gasteiger charge is 2.23. The second kappa shape index (κ2) is 14.0. The Morgan fingerprint density at radius 2 is 1.02 bits per heavy atom. The minimum absolute atomic E-state index is 1.05. The van der Waals surface area contributed by atoms with Crippen molar-refractivity contribution in [3.05, 3.63) is 223 Å². The summed E-state index contributed by atoms with van der Waals surface area (Å²) in [5.41, 5.74) is 14.4. The third kappa shape index (κ3) is 5.89. The van der Waals surface area contributed by atoms with E-state index in [-0.39, 0.29) is 0 Å². The van der Waals surface area contributed by atoms with Crippen molar-refractivity contribution < 1.29 is 0 Å². The van der Waals surface area contributed by atoms with Crippen LogP contribution in [0.15, 0.2) is 195 Å². The van der Waals surface area contributed by atoms with Gasteiger partial charge in [0.05, 0.1) is 0 Å². The minimum atomic E-state index is 1.05. The van der Waals surface area contributed by atoms with Gasteiger partial charge in [-0.2, -0.15) is 0 Å². The topological polar surface area (TPSA) is 0 Å². The van der Waals surface area contributed by atoms with Gasteiger partial charge in [0.2, 0.25) is 0 Å². The lowest BCUT2D eigenvalue weighted by Gasteiger charge is -2.25. The number of fused-ring (bicyclic) bond motifs is 3.